The largest absolute Gasteiger partial charge is 0.494 e. The second kappa shape index (κ2) is 4.78. The predicted molar refractivity (Wildman–Crippen MR) is 57.8 cm³/mol. The average molecular weight is 227 g/mol. The minimum absolute atomic E-state index is 0.0322. The molecule has 1 saturated heterocycles. The van der Waals surface area contributed by atoms with Gasteiger partial charge in [-0.25, -0.2) is 8.78 Å². The minimum Gasteiger partial charge on any atom is -0.494 e. The van der Waals surface area contributed by atoms with E-state index in [1.165, 1.54) is 13.2 Å². The first-order chi connectivity index (χ1) is 7.72. The van der Waals surface area contributed by atoms with Gasteiger partial charge in [0.05, 0.1) is 7.11 Å². The lowest BCUT2D eigenvalue weighted by Crippen LogP contribution is -2.27. The first-order valence-electron chi connectivity index (χ1n) is 5.46. The first kappa shape index (κ1) is 11.3. The Morgan fingerprint density at radius 3 is 2.50 bits per heavy atom. The van der Waals surface area contributed by atoms with E-state index < -0.39 is 5.82 Å². The second-order valence-corrected chi connectivity index (χ2v) is 4.03. The number of halogens is 2. The van der Waals surface area contributed by atoms with E-state index in [0.717, 1.165) is 32.0 Å². The van der Waals surface area contributed by atoms with Crippen molar-refractivity contribution in [2.24, 2.45) is 0 Å². The number of benzene rings is 1. The molecule has 1 aliphatic heterocycles. The summed E-state index contributed by atoms with van der Waals surface area (Å²) >= 11 is 0. The van der Waals surface area contributed by atoms with Gasteiger partial charge in [0.15, 0.2) is 11.6 Å². The molecule has 0 atom stereocenters. The van der Waals surface area contributed by atoms with Crippen LogP contribution in [0.1, 0.15) is 24.3 Å². The third-order valence-corrected chi connectivity index (χ3v) is 3.05. The van der Waals surface area contributed by atoms with Crippen LogP contribution >= 0.6 is 0 Å². The fourth-order valence-corrected chi connectivity index (χ4v) is 2.15. The summed E-state index contributed by atoms with van der Waals surface area (Å²) in [5.41, 5.74) is 0.472. The van der Waals surface area contributed by atoms with Crippen LogP contribution < -0.4 is 10.1 Å². The van der Waals surface area contributed by atoms with Crippen LogP contribution in [0.5, 0.6) is 5.75 Å². The second-order valence-electron chi connectivity index (χ2n) is 4.03. The summed E-state index contributed by atoms with van der Waals surface area (Å²) in [4.78, 5) is 0. The highest BCUT2D eigenvalue weighted by atomic mass is 19.1. The molecule has 2 rings (SSSR count). The lowest BCUT2D eigenvalue weighted by atomic mass is 9.90. The van der Waals surface area contributed by atoms with Crippen LogP contribution in [0, 0.1) is 11.6 Å². The number of ether oxygens (including phenoxy) is 1. The number of nitrogens with one attached hydrogen (secondary N) is 1. The number of rotatable bonds is 2. The maximum absolute atomic E-state index is 13.7. The molecular weight excluding hydrogens is 212 g/mol. The van der Waals surface area contributed by atoms with Crippen LogP contribution in [0.4, 0.5) is 8.78 Å². The van der Waals surface area contributed by atoms with E-state index in [1.54, 1.807) is 0 Å². The topological polar surface area (TPSA) is 21.3 Å². The molecule has 0 radical (unpaired) electrons. The molecule has 1 aliphatic rings. The monoisotopic (exact) mass is 227 g/mol. The van der Waals surface area contributed by atoms with E-state index >= 15 is 0 Å². The predicted octanol–water partition coefficient (Wildman–Crippen LogP) is 2.44. The molecule has 4 heteroatoms. The zero-order chi connectivity index (χ0) is 11.5. The SMILES string of the molecule is COc1cc(F)c(C2CCNCC2)cc1F. The van der Waals surface area contributed by atoms with Crippen molar-refractivity contribution in [3.8, 4) is 5.75 Å². The van der Waals surface area contributed by atoms with Crippen LogP contribution in [0.2, 0.25) is 0 Å². The Hall–Kier alpha value is -1.16. The van der Waals surface area contributed by atoms with E-state index in [1.807, 2.05) is 0 Å². The molecule has 1 aromatic rings. The van der Waals surface area contributed by atoms with E-state index in [4.69, 9.17) is 4.74 Å². The van der Waals surface area contributed by atoms with Crippen LogP contribution in [0.25, 0.3) is 0 Å². The lowest BCUT2D eigenvalue weighted by molar-refractivity contribution is 0.378. The summed E-state index contributed by atoms with van der Waals surface area (Å²) in [6, 6.07) is 2.40. The Morgan fingerprint density at radius 2 is 1.88 bits per heavy atom. The molecule has 16 heavy (non-hydrogen) atoms. The standard InChI is InChI=1S/C12H15F2NO/c1-16-12-7-10(13)9(6-11(12)14)8-2-4-15-5-3-8/h6-8,15H,2-5H2,1H3. The molecule has 1 aromatic carbocycles. The molecule has 0 spiro atoms. The zero-order valence-electron chi connectivity index (χ0n) is 9.22. The number of hydrogen-bond donors (Lipinski definition) is 1. The normalized spacial score (nSPS) is 17.4. The Kier molecular flexibility index (Phi) is 3.39. The molecule has 1 heterocycles. The Balaban J connectivity index is 2.29. The van der Waals surface area contributed by atoms with Crippen molar-refractivity contribution in [3.05, 3.63) is 29.3 Å². The van der Waals surface area contributed by atoms with Gasteiger partial charge < -0.3 is 10.1 Å². The van der Waals surface area contributed by atoms with Crippen LogP contribution in [0.15, 0.2) is 12.1 Å². The van der Waals surface area contributed by atoms with Gasteiger partial charge in [-0.3, -0.25) is 0 Å². The van der Waals surface area contributed by atoms with E-state index in [9.17, 15) is 8.78 Å². The minimum atomic E-state index is -0.488. The molecule has 2 nitrogen and oxygen atoms in total. The van der Waals surface area contributed by atoms with Gasteiger partial charge in [0, 0.05) is 6.07 Å². The summed E-state index contributed by atoms with van der Waals surface area (Å²) in [7, 11) is 1.34. The summed E-state index contributed by atoms with van der Waals surface area (Å²) < 4.78 is 32.0. The van der Waals surface area contributed by atoms with E-state index in [-0.39, 0.29) is 17.5 Å². The molecule has 1 N–H and O–H groups in total. The van der Waals surface area contributed by atoms with Crippen molar-refractivity contribution in [1.82, 2.24) is 5.32 Å². The van der Waals surface area contributed by atoms with Gasteiger partial charge in [0.25, 0.3) is 0 Å². The third-order valence-electron chi connectivity index (χ3n) is 3.05. The van der Waals surface area contributed by atoms with Gasteiger partial charge in [-0.05, 0) is 43.5 Å². The fraction of sp³-hybridized carbons (Fsp3) is 0.500. The summed E-state index contributed by atoms with van der Waals surface area (Å²) in [6.45, 7) is 1.72. The Bertz CT molecular complexity index is 376. The molecule has 0 aliphatic carbocycles. The highest BCUT2D eigenvalue weighted by Gasteiger charge is 2.20. The van der Waals surface area contributed by atoms with Crippen LogP contribution in [-0.2, 0) is 0 Å². The zero-order valence-corrected chi connectivity index (χ0v) is 9.22. The maximum atomic E-state index is 13.7. The van der Waals surface area contributed by atoms with Gasteiger partial charge in [-0.1, -0.05) is 0 Å². The molecule has 0 unspecified atom stereocenters. The van der Waals surface area contributed by atoms with Gasteiger partial charge in [-0.2, -0.15) is 0 Å². The molecule has 0 aromatic heterocycles. The number of hydrogen-bond acceptors (Lipinski definition) is 2. The first-order valence-corrected chi connectivity index (χ1v) is 5.46. The highest BCUT2D eigenvalue weighted by Crippen LogP contribution is 2.31. The van der Waals surface area contributed by atoms with E-state index in [2.05, 4.69) is 5.32 Å². The van der Waals surface area contributed by atoms with Gasteiger partial charge in [0.1, 0.15) is 5.82 Å². The summed E-state index contributed by atoms with van der Waals surface area (Å²) in [5, 5.41) is 3.20. The van der Waals surface area contributed by atoms with Crippen molar-refractivity contribution in [2.75, 3.05) is 20.2 Å². The average Bonchev–Trinajstić information content (AvgIpc) is 2.32. The molecule has 0 bridgehead atoms. The molecule has 0 saturated carbocycles. The van der Waals surface area contributed by atoms with Crippen molar-refractivity contribution in [2.45, 2.75) is 18.8 Å². The van der Waals surface area contributed by atoms with Crippen molar-refractivity contribution in [3.63, 3.8) is 0 Å². The Labute approximate surface area is 93.6 Å². The third kappa shape index (κ3) is 2.16. The van der Waals surface area contributed by atoms with Crippen molar-refractivity contribution >= 4 is 0 Å². The maximum Gasteiger partial charge on any atom is 0.165 e. The summed E-state index contributed by atoms with van der Waals surface area (Å²) in [6.07, 6.45) is 1.70. The number of methoxy groups -OCH3 is 1. The smallest absolute Gasteiger partial charge is 0.165 e. The van der Waals surface area contributed by atoms with Crippen LogP contribution in [-0.4, -0.2) is 20.2 Å². The van der Waals surface area contributed by atoms with Crippen molar-refractivity contribution in [1.29, 1.82) is 0 Å². The fourth-order valence-electron chi connectivity index (χ4n) is 2.15. The van der Waals surface area contributed by atoms with Gasteiger partial charge in [-0.15, -0.1) is 0 Å². The highest BCUT2D eigenvalue weighted by molar-refractivity contribution is 5.33. The van der Waals surface area contributed by atoms with Gasteiger partial charge in [0.2, 0.25) is 0 Å². The molecule has 88 valence electrons. The van der Waals surface area contributed by atoms with Crippen LogP contribution in [0.3, 0.4) is 0 Å². The molecule has 0 amide bonds. The lowest BCUT2D eigenvalue weighted by Gasteiger charge is -2.23. The van der Waals surface area contributed by atoms with Crippen molar-refractivity contribution < 1.29 is 13.5 Å². The quantitative estimate of drug-likeness (QED) is 0.837. The number of piperidine rings is 1. The summed E-state index contributed by atoms with van der Waals surface area (Å²) in [5.74, 6) is -0.778. The van der Waals surface area contributed by atoms with Gasteiger partial charge >= 0.3 is 0 Å². The molecule has 1 fully saturated rings. The Morgan fingerprint density at radius 1 is 1.19 bits per heavy atom. The molecular formula is C12H15F2NO. The van der Waals surface area contributed by atoms with E-state index in [0.29, 0.717) is 5.56 Å².